The van der Waals surface area contributed by atoms with Crippen LogP contribution in [0, 0.1) is 0 Å². The molecule has 1 heterocycles. The highest BCUT2D eigenvalue weighted by Crippen LogP contribution is 2.39. The first-order chi connectivity index (χ1) is 14.2. The maximum absolute atomic E-state index is 10.1. The summed E-state index contributed by atoms with van der Waals surface area (Å²) >= 11 is 0. The third-order valence-corrected chi connectivity index (χ3v) is 6.68. The third-order valence-electron chi connectivity index (χ3n) is 6.68. The Morgan fingerprint density at radius 1 is 1.00 bits per heavy atom. The molecule has 0 amide bonds. The van der Waals surface area contributed by atoms with E-state index in [9.17, 15) is 10.2 Å². The van der Waals surface area contributed by atoms with Gasteiger partial charge < -0.3 is 24.4 Å². The first kappa shape index (κ1) is 20.7. The van der Waals surface area contributed by atoms with Crippen molar-refractivity contribution in [3.05, 3.63) is 34.9 Å². The molecule has 0 radical (unpaired) electrons. The molecule has 0 bridgehead atoms. The Balaban J connectivity index is 1.44. The molecule has 1 aliphatic heterocycles. The molecule has 3 aliphatic rings. The highest BCUT2D eigenvalue weighted by Gasteiger charge is 2.30. The van der Waals surface area contributed by atoms with E-state index in [1.165, 1.54) is 25.7 Å². The van der Waals surface area contributed by atoms with Crippen LogP contribution in [-0.2, 0) is 4.74 Å². The first-order valence-electron chi connectivity index (χ1n) is 11.1. The zero-order valence-corrected chi connectivity index (χ0v) is 17.4. The summed E-state index contributed by atoms with van der Waals surface area (Å²) in [6.07, 6.45) is 9.92. The van der Waals surface area contributed by atoms with Crippen LogP contribution in [0.25, 0.3) is 0 Å². The quantitative estimate of drug-likeness (QED) is 0.712. The van der Waals surface area contributed by atoms with Gasteiger partial charge in [0.25, 0.3) is 0 Å². The monoisotopic (exact) mass is 402 g/mol. The summed E-state index contributed by atoms with van der Waals surface area (Å²) in [4.78, 5) is 0. The number of benzene rings is 1. The van der Waals surface area contributed by atoms with E-state index < -0.39 is 6.10 Å². The van der Waals surface area contributed by atoms with Gasteiger partial charge in [-0.15, -0.1) is 0 Å². The van der Waals surface area contributed by atoms with Crippen LogP contribution in [0.4, 0.5) is 0 Å². The van der Waals surface area contributed by atoms with E-state index in [2.05, 4.69) is 0 Å². The fraction of sp³-hybridized carbons (Fsp3) is 0.667. The second kappa shape index (κ2) is 9.50. The van der Waals surface area contributed by atoms with Crippen LogP contribution in [0.2, 0.25) is 0 Å². The molecule has 1 aromatic carbocycles. The Morgan fingerprint density at radius 3 is 2.41 bits per heavy atom. The van der Waals surface area contributed by atoms with Crippen molar-refractivity contribution in [1.29, 1.82) is 0 Å². The van der Waals surface area contributed by atoms with Crippen molar-refractivity contribution in [2.24, 2.45) is 0 Å². The average Bonchev–Trinajstić information content (AvgIpc) is 3.28. The number of rotatable bonds is 5. The summed E-state index contributed by atoms with van der Waals surface area (Å²) < 4.78 is 17.9. The van der Waals surface area contributed by atoms with Crippen molar-refractivity contribution in [3.63, 3.8) is 0 Å². The summed E-state index contributed by atoms with van der Waals surface area (Å²) in [5.74, 6) is 1.47. The zero-order chi connectivity index (χ0) is 20.2. The van der Waals surface area contributed by atoms with Crippen LogP contribution >= 0.6 is 0 Å². The summed E-state index contributed by atoms with van der Waals surface area (Å²) in [5, 5.41) is 19.6. The van der Waals surface area contributed by atoms with E-state index in [0.29, 0.717) is 12.8 Å². The second-order valence-electron chi connectivity index (χ2n) is 8.70. The lowest BCUT2D eigenvalue weighted by Crippen LogP contribution is -2.33. The molecule has 2 saturated carbocycles. The molecule has 4 rings (SSSR count). The van der Waals surface area contributed by atoms with Gasteiger partial charge in [0.05, 0.1) is 38.1 Å². The molecule has 5 nitrogen and oxygen atoms in total. The standard InChI is InChI=1S/C24H34O5/c1-27-22-11-8-18(23-14-19(26)13-21(15-25)29-23)12-24(22)28-20-9-6-17(7-10-20)16-4-2-3-5-16/h8,11-12,19-21,23,25-26H,2-7,9-10,13-15H2,1H3. The summed E-state index contributed by atoms with van der Waals surface area (Å²) in [6, 6.07) is 5.87. The van der Waals surface area contributed by atoms with Crippen molar-refractivity contribution in [3.8, 4) is 11.5 Å². The Morgan fingerprint density at radius 2 is 1.72 bits per heavy atom. The number of aliphatic hydroxyl groups is 2. The van der Waals surface area contributed by atoms with E-state index in [4.69, 9.17) is 14.2 Å². The topological polar surface area (TPSA) is 68.2 Å². The van der Waals surface area contributed by atoms with Crippen molar-refractivity contribution in [2.45, 2.75) is 88.6 Å². The maximum atomic E-state index is 10.1. The first-order valence-corrected chi connectivity index (χ1v) is 11.1. The van der Waals surface area contributed by atoms with E-state index in [-0.39, 0.29) is 24.9 Å². The van der Waals surface area contributed by atoms with E-state index in [1.807, 2.05) is 18.2 Å². The van der Waals surface area contributed by atoms with Gasteiger partial charge in [-0.1, -0.05) is 17.2 Å². The summed E-state index contributed by atoms with van der Waals surface area (Å²) in [5.41, 5.74) is 4.36. The number of methoxy groups -OCH3 is 1. The molecule has 3 atom stereocenters. The smallest absolute Gasteiger partial charge is 0.161 e. The normalized spacial score (nSPS) is 30.4. The maximum Gasteiger partial charge on any atom is 0.161 e. The van der Waals surface area contributed by atoms with Gasteiger partial charge in [-0.25, -0.2) is 0 Å². The molecule has 3 unspecified atom stereocenters. The molecule has 0 aromatic heterocycles. The second-order valence-corrected chi connectivity index (χ2v) is 8.70. The van der Waals surface area contributed by atoms with Crippen molar-refractivity contribution in [1.82, 2.24) is 0 Å². The van der Waals surface area contributed by atoms with E-state index >= 15 is 0 Å². The molecule has 29 heavy (non-hydrogen) atoms. The molecule has 2 aliphatic carbocycles. The van der Waals surface area contributed by atoms with Crippen molar-refractivity contribution < 1.29 is 24.4 Å². The minimum absolute atomic E-state index is 0.0764. The van der Waals surface area contributed by atoms with Gasteiger partial charge in [-0.3, -0.25) is 0 Å². The third kappa shape index (κ3) is 4.96. The van der Waals surface area contributed by atoms with Gasteiger partial charge in [0.15, 0.2) is 11.5 Å². The van der Waals surface area contributed by atoms with Crippen LogP contribution < -0.4 is 9.47 Å². The van der Waals surface area contributed by atoms with Crippen LogP contribution in [0.15, 0.2) is 29.3 Å². The Bertz CT molecular complexity index is 710. The molecule has 2 N–H and O–H groups in total. The Hall–Kier alpha value is -1.56. The fourth-order valence-electron chi connectivity index (χ4n) is 5.05. The molecule has 3 fully saturated rings. The SMILES string of the molecule is COc1ccc(C2CC(O)CC(CO)O2)cc1OC1CCC(=C2CCCC2)CC1. The van der Waals surface area contributed by atoms with Gasteiger partial charge >= 0.3 is 0 Å². The van der Waals surface area contributed by atoms with Gasteiger partial charge in [-0.05, 0) is 69.1 Å². The van der Waals surface area contributed by atoms with Gasteiger partial charge in [-0.2, -0.15) is 0 Å². The lowest BCUT2D eigenvalue weighted by molar-refractivity contribution is -0.113. The highest BCUT2D eigenvalue weighted by molar-refractivity contribution is 5.44. The largest absolute Gasteiger partial charge is 0.493 e. The molecule has 160 valence electrons. The van der Waals surface area contributed by atoms with Crippen molar-refractivity contribution >= 4 is 0 Å². The van der Waals surface area contributed by atoms with Crippen LogP contribution in [-0.4, -0.2) is 42.2 Å². The van der Waals surface area contributed by atoms with Crippen LogP contribution in [0.3, 0.4) is 0 Å². The van der Waals surface area contributed by atoms with Crippen LogP contribution in [0.1, 0.15) is 75.9 Å². The molecule has 0 spiro atoms. The number of hydrogen-bond acceptors (Lipinski definition) is 5. The Labute approximate surface area is 173 Å². The molecule has 1 aromatic rings. The van der Waals surface area contributed by atoms with E-state index in [1.54, 1.807) is 18.3 Å². The van der Waals surface area contributed by atoms with E-state index in [0.717, 1.165) is 42.7 Å². The fourth-order valence-corrected chi connectivity index (χ4v) is 5.05. The average molecular weight is 403 g/mol. The molecular formula is C24H34O5. The van der Waals surface area contributed by atoms with Gasteiger partial charge in [0, 0.05) is 12.8 Å². The number of ether oxygens (including phenoxy) is 3. The van der Waals surface area contributed by atoms with Gasteiger partial charge in [0.2, 0.25) is 0 Å². The van der Waals surface area contributed by atoms with Crippen LogP contribution in [0.5, 0.6) is 11.5 Å². The predicted octanol–water partition coefficient (Wildman–Crippen LogP) is 4.46. The summed E-state index contributed by atoms with van der Waals surface area (Å²) in [6.45, 7) is -0.0764. The zero-order valence-electron chi connectivity index (χ0n) is 17.4. The highest BCUT2D eigenvalue weighted by atomic mass is 16.5. The molecule has 5 heteroatoms. The minimum atomic E-state index is -0.460. The number of aliphatic hydroxyl groups excluding tert-OH is 2. The molecular weight excluding hydrogens is 368 g/mol. The number of hydrogen-bond donors (Lipinski definition) is 2. The Kier molecular flexibility index (Phi) is 6.78. The lowest BCUT2D eigenvalue weighted by atomic mass is 9.88. The predicted molar refractivity (Wildman–Crippen MR) is 111 cm³/mol. The lowest BCUT2D eigenvalue weighted by Gasteiger charge is -2.33. The van der Waals surface area contributed by atoms with Gasteiger partial charge in [0.1, 0.15) is 0 Å². The van der Waals surface area contributed by atoms with Crippen molar-refractivity contribution in [2.75, 3.05) is 13.7 Å². The number of allylic oxidation sites excluding steroid dienone is 2. The minimum Gasteiger partial charge on any atom is -0.493 e. The molecule has 1 saturated heterocycles. The summed E-state index contributed by atoms with van der Waals surface area (Å²) in [7, 11) is 1.66.